The predicted molar refractivity (Wildman–Crippen MR) is 76.6 cm³/mol. The number of benzene rings is 1. The van der Waals surface area contributed by atoms with Crippen LogP contribution < -0.4 is 0 Å². The van der Waals surface area contributed by atoms with Gasteiger partial charge in [-0.1, -0.05) is 37.3 Å². The minimum absolute atomic E-state index is 0.00226. The smallest absolute Gasteiger partial charge is 0.416 e. The number of hydrogen-bond acceptors (Lipinski definition) is 3. The van der Waals surface area contributed by atoms with Crippen molar-refractivity contribution in [2.24, 2.45) is 5.92 Å². The van der Waals surface area contributed by atoms with Gasteiger partial charge in [-0.15, -0.1) is 0 Å². The molecule has 0 aliphatic carbocycles. The number of alkyl halides is 3. The molecule has 1 saturated heterocycles. The molecule has 0 spiro atoms. The third-order valence-electron chi connectivity index (χ3n) is 3.92. The van der Waals surface area contributed by atoms with Crippen LogP contribution >= 0.6 is 0 Å². The van der Waals surface area contributed by atoms with Gasteiger partial charge < -0.3 is 4.74 Å². The second-order valence-electron chi connectivity index (χ2n) is 5.54. The van der Waals surface area contributed by atoms with E-state index >= 15 is 0 Å². The van der Waals surface area contributed by atoms with Crippen LogP contribution in [-0.4, -0.2) is 35.7 Å². The third-order valence-corrected chi connectivity index (χ3v) is 3.92. The molecule has 1 aromatic carbocycles. The van der Waals surface area contributed by atoms with E-state index in [1.54, 1.807) is 0 Å². The molecule has 0 bridgehead atoms. The summed E-state index contributed by atoms with van der Waals surface area (Å²) in [6, 6.07) is 8.55. The summed E-state index contributed by atoms with van der Waals surface area (Å²) in [4.78, 5) is 24.8. The molecule has 0 saturated carbocycles. The Morgan fingerprint density at radius 2 is 2.00 bits per heavy atom. The fourth-order valence-electron chi connectivity index (χ4n) is 2.60. The highest BCUT2D eigenvalue weighted by atomic mass is 19.4. The van der Waals surface area contributed by atoms with Crippen LogP contribution in [0, 0.1) is 5.92 Å². The highest BCUT2D eigenvalue weighted by molar-refractivity contribution is 5.93. The molecule has 1 unspecified atom stereocenters. The lowest BCUT2D eigenvalue weighted by atomic mass is 10.00. The number of ether oxygens (including phenoxy) is 1. The highest BCUT2D eigenvalue weighted by Gasteiger charge is 2.44. The largest absolute Gasteiger partial charge is 0.447 e. The van der Waals surface area contributed by atoms with E-state index in [4.69, 9.17) is 4.74 Å². The standard InChI is InChI=1S/C16H18F3NO3/c1-2-12(16(17,18)19)9-14(21)20-13(10-23-15(20)22)8-11-6-4-3-5-7-11/h3-7,12-13H,2,8-10H2,1H3/t12?,13-/m0/s1. The normalized spacial score (nSPS) is 19.6. The van der Waals surface area contributed by atoms with E-state index in [-0.39, 0.29) is 13.0 Å². The number of carbonyl (C=O) groups excluding carboxylic acids is 2. The molecule has 1 aliphatic heterocycles. The van der Waals surface area contributed by atoms with Crippen LogP contribution in [0.5, 0.6) is 0 Å². The number of hydrogen-bond donors (Lipinski definition) is 0. The van der Waals surface area contributed by atoms with Crippen LogP contribution in [-0.2, 0) is 16.0 Å². The topological polar surface area (TPSA) is 46.6 Å². The number of imide groups is 1. The van der Waals surface area contributed by atoms with Gasteiger partial charge in [0.2, 0.25) is 5.91 Å². The van der Waals surface area contributed by atoms with Crippen LogP contribution in [0.15, 0.2) is 30.3 Å². The van der Waals surface area contributed by atoms with Crippen molar-refractivity contribution in [1.82, 2.24) is 4.90 Å². The Morgan fingerprint density at radius 1 is 1.35 bits per heavy atom. The minimum Gasteiger partial charge on any atom is -0.447 e. The van der Waals surface area contributed by atoms with Gasteiger partial charge >= 0.3 is 12.3 Å². The third kappa shape index (κ3) is 4.24. The van der Waals surface area contributed by atoms with Crippen molar-refractivity contribution in [3.05, 3.63) is 35.9 Å². The lowest BCUT2D eigenvalue weighted by Gasteiger charge is -2.23. The van der Waals surface area contributed by atoms with E-state index in [1.807, 2.05) is 30.3 Å². The zero-order valence-corrected chi connectivity index (χ0v) is 12.7. The Labute approximate surface area is 132 Å². The molecular formula is C16H18F3NO3. The number of carbonyl (C=O) groups is 2. The van der Waals surface area contributed by atoms with Crippen LogP contribution in [0.3, 0.4) is 0 Å². The second-order valence-corrected chi connectivity index (χ2v) is 5.54. The Morgan fingerprint density at radius 3 is 2.57 bits per heavy atom. The Kier molecular flexibility index (Phi) is 5.28. The summed E-state index contributed by atoms with van der Waals surface area (Å²) in [5, 5.41) is 0. The quantitative estimate of drug-likeness (QED) is 0.830. The Hall–Kier alpha value is -2.05. The van der Waals surface area contributed by atoms with Crippen molar-refractivity contribution in [2.75, 3.05) is 6.61 Å². The molecule has 4 nitrogen and oxygen atoms in total. The first kappa shape index (κ1) is 17.3. The van der Waals surface area contributed by atoms with E-state index in [1.165, 1.54) is 6.92 Å². The second kappa shape index (κ2) is 7.02. The molecule has 1 heterocycles. The zero-order chi connectivity index (χ0) is 17.0. The van der Waals surface area contributed by atoms with E-state index in [0.717, 1.165) is 10.5 Å². The van der Waals surface area contributed by atoms with E-state index in [9.17, 15) is 22.8 Å². The van der Waals surface area contributed by atoms with Crippen LogP contribution in [0.4, 0.5) is 18.0 Å². The van der Waals surface area contributed by atoms with Crippen molar-refractivity contribution < 1.29 is 27.5 Å². The molecular weight excluding hydrogens is 311 g/mol. The Bertz CT molecular complexity index is 559. The van der Waals surface area contributed by atoms with Crippen molar-refractivity contribution in [1.29, 1.82) is 0 Å². The van der Waals surface area contributed by atoms with Gasteiger partial charge in [0.1, 0.15) is 6.61 Å². The van der Waals surface area contributed by atoms with Crippen LogP contribution in [0.25, 0.3) is 0 Å². The fourth-order valence-corrected chi connectivity index (χ4v) is 2.60. The maximum Gasteiger partial charge on any atom is 0.416 e. The monoisotopic (exact) mass is 329 g/mol. The van der Waals surface area contributed by atoms with Crippen LogP contribution in [0.2, 0.25) is 0 Å². The first-order chi connectivity index (χ1) is 10.8. The van der Waals surface area contributed by atoms with Gasteiger partial charge in [0.15, 0.2) is 0 Å². The van der Waals surface area contributed by atoms with Gasteiger partial charge in [-0.3, -0.25) is 4.79 Å². The fraction of sp³-hybridized carbons (Fsp3) is 0.500. The number of cyclic esters (lactones) is 1. The minimum atomic E-state index is -4.46. The maximum atomic E-state index is 12.8. The summed E-state index contributed by atoms with van der Waals surface area (Å²) < 4.78 is 43.3. The summed E-state index contributed by atoms with van der Waals surface area (Å²) >= 11 is 0. The molecule has 2 amide bonds. The molecule has 1 aliphatic rings. The van der Waals surface area contributed by atoms with Crippen molar-refractivity contribution in [3.8, 4) is 0 Å². The summed E-state index contributed by atoms with van der Waals surface area (Å²) in [6.07, 6.45) is -5.90. The van der Waals surface area contributed by atoms with Gasteiger partial charge in [-0.05, 0) is 18.4 Å². The number of halogens is 3. The summed E-state index contributed by atoms with van der Waals surface area (Å²) in [5.74, 6) is -2.58. The average molecular weight is 329 g/mol. The molecule has 0 radical (unpaired) electrons. The lowest BCUT2D eigenvalue weighted by molar-refractivity contribution is -0.181. The molecule has 7 heteroatoms. The molecule has 0 N–H and O–H groups in total. The summed E-state index contributed by atoms with van der Waals surface area (Å²) in [7, 11) is 0. The highest BCUT2D eigenvalue weighted by Crippen LogP contribution is 2.32. The zero-order valence-electron chi connectivity index (χ0n) is 12.7. The van der Waals surface area contributed by atoms with Crippen molar-refractivity contribution in [2.45, 2.75) is 38.4 Å². The summed E-state index contributed by atoms with van der Waals surface area (Å²) in [6.45, 7) is 1.37. The Balaban J connectivity index is 2.08. The lowest BCUT2D eigenvalue weighted by Crippen LogP contribution is -2.42. The predicted octanol–water partition coefficient (Wildman–Crippen LogP) is 3.56. The number of amides is 2. The molecule has 23 heavy (non-hydrogen) atoms. The van der Waals surface area contributed by atoms with E-state index in [0.29, 0.717) is 6.42 Å². The first-order valence-electron chi connectivity index (χ1n) is 7.42. The molecule has 1 fully saturated rings. The van der Waals surface area contributed by atoms with Gasteiger partial charge in [-0.2, -0.15) is 13.2 Å². The molecule has 2 atom stereocenters. The average Bonchev–Trinajstić information content (AvgIpc) is 2.85. The molecule has 126 valence electrons. The van der Waals surface area contributed by atoms with Crippen molar-refractivity contribution in [3.63, 3.8) is 0 Å². The number of nitrogens with zero attached hydrogens (tertiary/aromatic N) is 1. The molecule has 2 rings (SSSR count). The van der Waals surface area contributed by atoms with E-state index < -0.39 is 36.6 Å². The SMILES string of the molecule is CCC(CC(=O)N1C(=O)OC[C@@H]1Cc1ccccc1)C(F)(F)F. The van der Waals surface area contributed by atoms with Gasteiger partial charge in [0, 0.05) is 6.42 Å². The van der Waals surface area contributed by atoms with Crippen LogP contribution in [0.1, 0.15) is 25.3 Å². The molecule has 0 aromatic heterocycles. The van der Waals surface area contributed by atoms with Gasteiger partial charge in [0.05, 0.1) is 12.0 Å². The number of rotatable bonds is 5. The first-order valence-corrected chi connectivity index (χ1v) is 7.42. The van der Waals surface area contributed by atoms with E-state index in [2.05, 4.69) is 0 Å². The molecule has 1 aromatic rings. The van der Waals surface area contributed by atoms with Gasteiger partial charge in [-0.25, -0.2) is 9.69 Å². The van der Waals surface area contributed by atoms with Crippen molar-refractivity contribution >= 4 is 12.0 Å². The van der Waals surface area contributed by atoms with Gasteiger partial charge in [0.25, 0.3) is 0 Å². The summed E-state index contributed by atoms with van der Waals surface area (Å²) in [5.41, 5.74) is 0.886. The maximum absolute atomic E-state index is 12.8.